The molecule has 23 heavy (non-hydrogen) atoms. The molecule has 1 aliphatic heterocycles. The minimum Gasteiger partial charge on any atom is -0.496 e. The number of aromatic nitrogens is 1. The molecule has 1 aliphatic rings. The van der Waals surface area contributed by atoms with Crippen LogP contribution in [-0.4, -0.2) is 24.4 Å². The van der Waals surface area contributed by atoms with Gasteiger partial charge in [0.25, 0.3) is 0 Å². The number of allylic oxidation sites excluding steroid dienone is 3. The first-order chi connectivity index (χ1) is 11.4. The smallest absolute Gasteiger partial charge is 0.126 e. The predicted octanol–water partition coefficient (Wildman–Crippen LogP) is 4.31. The van der Waals surface area contributed by atoms with Gasteiger partial charge in [0.2, 0.25) is 0 Å². The molecule has 0 atom stereocenters. The molecule has 3 nitrogen and oxygen atoms in total. The second-order valence-electron chi connectivity index (χ2n) is 5.37. The minimum atomic E-state index is 0.881. The van der Waals surface area contributed by atoms with E-state index < -0.39 is 0 Å². The molecule has 1 aromatic carbocycles. The number of benzene rings is 1. The number of methoxy groups -OCH3 is 1. The highest BCUT2D eigenvalue weighted by atomic mass is 16.5. The Hall–Kier alpha value is -2.68. The van der Waals surface area contributed by atoms with Crippen LogP contribution in [0.15, 0.2) is 71.5 Å². The van der Waals surface area contributed by atoms with Gasteiger partial charge < -0.3 is 4.74 Å². The molecule has 0 saturated heterocycles. The molecule has 0 aliphatic carbocycles. The van der Waals surface area contributed by atoms with E-state index in [1.165, 1.54) is 5.57 Å². The van der Waals surface area contributed by atoms with Crippen molar-refractivity contribution in [1.29, 1.82) is 0 Å². The maximum Gasteiger partial charge on any atom is 0.126 e. The number of ether oxygens (including phenoxy) is 1. The number of pyridine rings is 1. The molecule has 0 fully saturated rings. The standard InChI is InChI=1S/C20H20N2O/c1-23-19-12-3-2-7-16(19)8-4-9-17-10-6-14-22-20(17)18-11-5-13-21-15-18/h2-5,7-9,11-13,15H,6,10,14H2,1H3/b8-4+,17-9+. The molecule has 2 aromatic rings. The highest BCUT2D eigenvalue weighted by Gasteiger charge is 2.13. The van der Waals surface area contributed by atoms with Crippen molar-refractivity contribution in [2.75, 3.05) is 13.7 Å². The van der Waals surface area contributed by atoms with Crippen molar-refractivity contribution in [2.24, 2.45) is 4.99 Å². The number of nitrogens with zero attached hydrogens (tertiary/aromatic N) is 2. The van der Waals surface area contributed by atoms with Crippen LogP contribution in [0.5, 0.6) is 5.75 Å². The van der Waals surface area contributed by atoms with Gasteiger partial charge in [-0.15, -0.1) is 0 Å². The third kappa shape index (κ3) is 3.75. The molecule has 0 amide bonds. The van der Waals surface area contributed by atoms with Crippen LogP contribution in [0, 0.1) is 0 Å². The molecule has 0 spiro atoms. The van der Waals surface area contributed by atoms with E-state index in [-0.39, 0.29) is 0 Å². The molecule has 3 heteroatoms. The summed E-state index contributed by atoms with van der Waals surface area (Å²) >= 11 is 0. The van der Waals surface area contributed by atoms with Crippen molar-refractivity contribution >= 4 is 11.8 Å². The third-order valence-corrected chi connectivity index (χ3v) is 3.83. The molecule has 0 radical (unpaired) electrons. The SMILES string of the molecule is COc1ccccc1/C=C/C=C1\CCCN=C1c1cccnc1. The van der Waals surface area contributed by atoms with Crippen LogP contribution in [0.4, 0.5) is 0 Å². The average molecular weight is 304 g/mol. The lowest BCUT2D eigenvalue weighted by Crippen LogP contribution is -2.11. The Labute approximate surface area is 137 Å². The molecule has 0 saturated carbocycles. The van der Waals surface area contributed by atoms with Crippen molar-refractivity contribution in [2.45, 2.75) is 12.8 Å². The maximum absolute atomic E-state index is 5.37. The van der Waals surface area contributed by atoms with E-state index in [1.807, 2.05) is 36.5 Å². The van der Waals surface area contributed by atoms with Gasteiger partial charge in [0.1, 0.15) is 5.75 Å². The number of hydrogen-bond donors (Lipinski definition) is 0. The van der Waals surface area contributed by atoms with Gasteiger partial charge in [-0.1, -0.05) is 36.4 Å². The average Bonchev–Trinajstić information content (AvgIpc) is 2.63. The zero-order chi connectivity index (χ0) is 15.9. The maximum atomic E-state index is 5.37. The van der Waals surface area contributed by atoms with Crippen molar-refractivity contribution in [3.63, 3.8) is 0 Å². The summed E-state index contributed by atoms with van der Waals surface area (Å²) in [6.07, 6.45) is 12.1. The van der Waals surface area contributed by atoms with Crippen LogP contribution in [0.2, 0.25) is 0 Å². The normalized spacial score (nSPS) is 16.6. The zero-order valence-electron chi connectivity index (χ0n) is 13.3. The van der Waals surface area contributed by atoms with Crippen LogP contribution in [0.25, 0.3) is 6.08 Å². The van der Waals surface area contributed by atoms with Gasteiger partial charge in [0.05, 0.1) is 12.8 Å². The monoisotopic (exact) mass is 304 g/mol. The first kappa shape index (κ1) is 15.2. The molecule has 0 N–H and O–H groups in total. The summed E-state index contributed by atoms with van der Waals surface area (Å²) in [5.74, 6) is 0.881. The molecular formula is C20H20N2O. The quantitative estimate of drug-likeness (QED) is 0.843. The summed E-state index contributed by atoms with van der Waals surface area (Å²) in [7, 11) is 1.69. The first-order valence-electron chi connectivity index (χ1n) is 7.84. The molecular weight excluding hydrogens is 284 g/mol. The van der Waals surface area contributed by atoms with Gasteiger partial charge in [0, 0.05) is 30.1 Å². The van der Waals surface area contributed by atoms with Crippen LogP contribution < -0.4 is 4.74 Å². The molecule has 116 valence electrons. The van der Waals surface area contributed by atoms with Crippen LogP contribution in [0.1, 0.15) is 24.0 Å². The highest BCUT2D eigenvalue weighted by molar-refractivity contribution is 6.13. The summed E-state index contributed by atoms with van der Waals surface area (Å²) < 4.78 is 5.37. The van der Waals surface area contributed by atoms with Crippen molar-refractivity contribution < 1.29 is 4.74 Å². The largest absolute Gasteiger partial charge is 0.496 e. The Morgan fingerprint density at radius 2 is 2.04 bits per heavy atom. The van der Waals surface area contributed by atoms with E-state index in [4.69, 9.17) is 9.73 Å². The number of rotatable bonds is 4. The summed E-state index contributed by atoms with van der Waals surface area (Å²) in [5, 5.41) is 0. The topological polar surface area (TPSA) is 34.5 Å². The van der Waals surface area contributed by atoms with Gasteiger partial charge in [-0.05, 0) is 36.6 Å². The van der Waals surface area contributed by atoms with E-state index in [0.29, 0.717) is 0 Å². The number of aliphatic imine (C=N–C) groups is 1. The van der Waals surface area contributed by atoms with E-state index in [0.717, 1.165) is 42.0 Å². The number of hydrogen-bond acceptors (Lipinski definition) is 3. The van der Waals surface area contributed by atoms with Gasteiger partial charge in [0.15, 0.2) is 0 Å². The summed E-state index contributed by atoms with van der Waals surface area (Å²) in [6, 6.07) is 12.0. The molecule has 0 bridgehead atoms. The zero-order valence-corrected chi connectivity index (χ0v) is 13.3. The minimum absolute atomic E-state index is 0.881. The van der Waals surface area contributed by atoms with Crippen LogP contribution in [-0.2, 0) is 0 Å². The second-order valence-corrected chi connectivity index (χ2v) is 5.37. The van der Waals surface area contributed by atoms with Gasteiger partial charge in [-0.25, -0.2) is 0 Å². The lowest BCUT2D eigenvalue weighted by Gasteiger charge is -2.15. The lowest BCUT2D eigenvalue weighted by molar-refractivity contribution is 0.414. The van der Waals surface area contributed by atoms with Gasteiger partial charge in [-0.3, -0.25) is 9.98 Å². The van der Waals surface area contributed by atoms with Crippen molar-refractivity contribution in [3.8, 4) is 5.75 Å². The van der Waals surface area contributed by atoms with E-state index in [9.17, 15) is 0 Å². The predicted molar refractivity (Wildman–Crippen MR) is 95.0 cm³/mol. The van der Waals surface area contributed by atoms with E-state index >= 15 is 0 Å². The fourth-order valence-corrected chi connectivity index (χ4v) is 2.69. The molecule has 2 heterocycles. The Kier molecular flexibility index (Phi) is 4.99. The Balaban J connectivity index is 1.84. The van der Waals surface area contributed by atoms with E-state index in [1.54, 1.807) is 13.3 Å². The summed E-state index contributed by atoms with van der Waals surface area (Å²) in [4.78, 5) is 8.89. The summed E-state index contributed by atoms with van der Waals surface area (Å²) in [5.41, 5.74) is 4.48. The fourth-order valence-electron chi connectivity index (χ4n) is 2.69. The Bertz CT molecular complexity index is 745. The van der Waals surface area contributed by atoms with Gasteiger partial charge in [-0.2, -0.15) is 0 Å². The lowest BCUT2D eigenvalue weighted by atomic mass is 9.96. The Morgan fingerprint density at radius 1 is 1.13 bits per heavy atom. The van der Waals surface area contributed by atoms with Crippen LogP contribution in [0.3, 0.4) is 0 Å². The molecule has 0 unspecified atom stereocenters. The number of para-hydroxylation sites is 1. The van der Waals surface area contributed by atoms with Crippen molar-refractivity contribution in [1.82, 2.24) is 4.98 Å². The van der Waals surface area contributed by atoms with E-state index in [2.05, 4.69) is 29.3 Å². The first-order valence-corrected chi connectivity index (χ1v) is 7.84. The second kappa shape index (κ2) is 7.54. The Morgan fingerprint density at radius 3 is 2.87 bits per heavy atom. The summed E-state index contributed by atoms with van der Waals surface area (Å²) in [6.45, 7) is 0.887. The fraction of sp³-hybridized carbons (Fsp3) is 0.200. The third-order valence-electron chi connectivity index (χ3n) is 3.83. The van der Waals surface area contributed by atoms with Crippen molar-refractivity contribution in [3.05, 3.63) is 77.6 Å². The van der Waals surface area contributed by atoms with Crippen LogP contribution >= 0.6 is 0 Å². The van der Waals surface area contributed by atoms with Gasteiger partial charge >= 0.3 is 0 Å². The molecule has 3 rings (SSSR count). The molecule has 1 aromatic heterocycles. The highest BCUT2D eigenvalue weighted by Crippen LogP contribution is 2.21.